The summed E-state index contributed by atoms with van der Waals surface area (Å²) in [4.78, 5) is 16.8. The first-order valence-corrected chi connectivity index (χ1v) is 11.7. The molecule has 7 nitrogen and oxygen atoms in total. The highest BCUT2D eigenvalue weighted by Gasteiger charge is 2.20. The Morgan fingerprint density at radius 3 is 2.68 bits per heavy atom. The number of carbonyl (C=O) groups excluding carboxylic acids is 1. The van der Waals surface area contributed by atoms with E-state index in [9.17, 15) is 4.79 Å². The summed E-state index contributed by atoms with van der Waals surface area (Å²) in [6, 6.07) is 11.1. The Balaban J connectivity index is 1.57. The van der Waals surface area contributed by atoms with Gasteiger partial charge in [0.25, 0.3) is 5.91 Å². The molecule has 0 bridgehead atoms. The van der Waals surface area contributed by atoms with Crippen molar-refractivity contribution < 1.29 is 9.21 Å². The van der Waals surface area contributed by atoms with Crippen molar-refractivity contribution >= 4 is 40.6 Å². The zero-order valence-corrected chi connectivity index (χ0v) is 19.5. The van der Waals surface area contributed by atoms with Crippen LogP contribution in [0, 0.1) is 0 Å². The number of rotatable bonds is 6. The van der Waals surface area contributed by atoms with Crippen molar-refractivity contribution in [2.75, 3.05) is 0 Å². The van der Waals surface area contributed by atoms with E-state index in [4.69, 9.17) is 16.0 Å². The van der Waals surface area contributed by atoms with Crippen LogP contribution in [-0.2, 0) is 5.75 Å². The number of thioether (sulfide) groups is 1. The molecule has 0 aliphatic rings. The minimum absolute atomic E-state index is 0.176. The van der Waals surface area contributed by atoms with E-state index in [1.54, 1.807) is 11.6 Å². The summed E-state index contributed by atoms with van der Waals surface area (Å²) < 4.78 is 7.45. The van der Waals surface area contributed by atoms with Gasteiger partial charge in [-0.05, 0) is 57.2 Å². The molecule has 0 unspecified atom stereocenters. The summed E-state index contributed by atoms with van der Waals surface area (Å²) in [7, 11) is 0. The Morgan fingerprint density at radius 2 is 2.00 bits per heavy atom. The maximum atomic E-state index is 12.3. The van der Waals surface area contributed by atoms with Crippen molar-refractivity contribution in [2.45, 2.75) is 37.2 Å². The number of halogens is 1. The number of thiazole rings is 1. The molecule has 0 aliphatic carbocycles. The lowest BCUT2D eigenvalue weighted by molar-refractivity contribution is 0.0915. The molecule has 1 aromatic carbocycles. The lowest BCUT2D eigenvalue weighted by Crippen LogP contribution is -2.40. The number of nitrogens with one attached hydrogen (secondary N) is 1. The molecule has 160 valence electrons. The average molecular weight is 474 g/mol. The molecule has 0 aliphatic heterocycles. The van der Waals surface area contributed by atoms with E-state index in [-0.39, 0.29) is 11.4 Å². The van der Waals surface area contributed by atoms with E-state index in [1.807, 2.05) is 61.7 Å². The van der Waals surface area contributed by atoms with Crippen LogP contribution < -0.4 is 5.32 Å². The molecule has 0 saturated carbocycles. The third-order valence-corrected chi connectivity index (χ3v) is 6.28. The van der Waals surface area contributed by atoms with Crippen molar-refractivity contribution in [1.82, 2.24) is 25.1 Å². The number of aromatic nitrogens is 4. The molecule has 3 heterocycles. The van der Waals surface area contributed by atoms with Gasteiger partial charge in [0, 0.05) is 21.6 Å². The van der Waals surface area contributed by atoms with Gasteiger partial charge < -0.3 is 9.73 Å². The number of benzene rings is 1. The van der Waals surface area contributed by atoms with E-state index in [0.29, 0.717) is 33.2 Å². The first-order valence-electron chi connectivity index (χ1n) is 9.45. The van der Waals surface area contributed by atoms with Gasteiger partial charge in [-0.2, -0.15) is 0 Å². The van der Waals surface area contributed by atoms with Gasteiger partial charge in [-0.15, -0.1) is 21.5 Å². The van der Waals surface area contributed by atoms with Crippen molar-refractivity contribution in [3.05, 3.63) is 63.8 Å². The molecule has 0 spiro atoms. The molecule has 31 heavy (non-hydrogen) atoms. The Hall–Kier alpha value is -2.62. The summed E-state index contributed by atoms with van der Waals surface area (Å²) in [5.41, 5.74) is 0.978. The summed E-state index contributed by atoms with van der Waals surface area (Å²) >= 11 is 8.99. The van der Waals surface area contributed by atoms with Crippen molar-refractivity contribution in [3.8, 4) is 17.3 Å². The molecule has 4 rings (SSSR count). The summed E-state index contributed by atoms with van der Waals surface area (Å²) in [5, 5.41) is 15.5. The van der Waals surface area contributed by atoms with Crippen LogP contribution in [0.15, 0.2) is 57.6 Å². The SMILES string of the molecule is CC(C)(C)NC(=O)c1csc(CSc2nnc(-c3ccco3)n2-c2ccc(Cl)cc2)n1. The number of furan rings is 1. The topological polar surface area (TPSA) is 85.8 Å². The number of nitrogens with zero attached hydrogens (tertiary/aromatic N) is 4. The van der Waals surface area contributed by atoms with Crippen molar-refractivity contribution in [3.63, 3.8) is 0 Å². The monoisotopic (exact) mass is 473 g/mol. The van der Waals surface area contributed by atoms with E-state index in [1.165, 1.54) is 23.1 Å². The van der Waals surface area contributed by atoms with E-state index in [2.05, 4.69) is 20.5 Å². The second-order valence-corrected chi connectivity index (χ2v) is 10.0. The van der Waals surface area contributed by atoms with Crippen LogP contribution in [0.5, 0.6) is 0 Å². The highest BCUT2D eigenvalue weighted by Crippen LogP contribution is 2.31. The number of amides is 1. The minimum atomic E-state index is -0.313. The van der Waals surface area contributed by atoms with Gasteiger partial charge in [0.15, 0.2) is 10.9 Å². The van der Waals surface area contributed by atoms with Gasteiger partial charge in [-0.25, -0.2) is 4.98 Å². The molecule has 0 saturated heterocycles. The molecular weight excluding hydrogens is 454 g/mol. The molecule has 4 aromatic rings. The zero-order valence-electron chi connectivity index (χ0n) is 17.1. The highest BCUT2D eigenvalue weighted by molar-refractivity contribution is 7.98. The molecule has 3 aromatic heterocycles. The molecule has 10 heteroatoms. The van der Waals surface area contributed by atoms with Gasteiger partial charge in [-0.1, -0.05) is 23.4 Å². The van der Waals surface area contributed by atoms with Gasteiger partial charge in [0.2, 0.25) is 5.82 Å². The zero-order chi connectivity index (χ0) is 22.0. The van der Waals surface area contributed by atoms with Crippen LogP contribution in [0.25, 0.3) is 17.3 Å². The average Bonchev–Trinajstić information content (AvgIpc) is 3.45. The van der Waals surface area contributed by atoms with Crippen LogP contribution in [0.3, 0.4) is 0 Å². The van der Waals surface area contributed by atoms with E-state index < -0.39 is 0 Å². The number of hydrogen-bond acceptors (Lipinski definition) is 7. The second-order valence-electron chi connectivity index (χ2n) is 7.71. The van der Waals surface area contributed by atoms with E-state index >= 15 is 0 Å². The first kappa shape index (κ1) is 21.6. The quantitative estimate of drug-likeness (QED) is 0.374. The van der Waals surface area contributed by atoms with Crippen LogP contribution in [0.4, 0.5) is 0 Å². The number of carbonyl (C=O) groups is 1. The standard InChI is InChI=1S/C21H20ClN5O2S2/c1-21(2,3)24-19(28)15-11-30-17(23-15)12-31-20-26-25-18(16-5-4-10-29-16)27(20)14-8-6-13(22)7-9-14/h4-11H,12H2,1-3H3,(H,24,28). The summed E-state index contributed by atoms with van der Waals surface area (Å²) in [6.45, 7) is 5.82. The van der Waals surface area contributed by atoms with Crippen LogP contribution in [0.2, 0.25) is 5.02 Å². The second kappa shape index (κ2) is 8.86. The Morgan fingerprint density at radius 1 is 1.23 bits per heavy atom. The normalized spacial score (nSPS) is 11.6. The van der Waals surface area contributed by atoms with Gasteiger partial charge in [0.1, 0.15) is 10.7 Å². The van der Waals surface area contributed by atoms with Gasteiger partial charge >= 0.3 is 0 Å². The predicted octanol–water partition coefficient (Wildman–Crippen LogP) is 5.46. The van der Waals surface area contributed by atoms with Gasteiger partial charge in [0.05, 0.1) is 12.0 Å². The van der Waals surface area contributed by atoms with Crippen LogP contribution >= 0.6 is 34.7 Å². The Labute approximate surface area is 192 Å². The molecule has 0 atom stereocenters. The number of hydrogen-bond donors (Lipinski definition) is 1. The fourth-order valence-electron chi connectivity index (χ4n) is 2.76. The lowest BCUT2D eigenvalue weighted by atomic mass is 10.1. The predicted molar refractivity (Wildman–Crippen MR) is 123 cm³/mol. The maximum absolute atomic E-state index is 12.3. The van der Waals surface area contributed by atoms with Crippen LogP contribution in [0.1, 0.15) is 36.3 Å². The smallest absolute Gasteiger partial charge is 0.271 e. The first-order chi connectivity index (χ1) is 14.8. The third kappa shape index (κ3) is 5.17. The van der Waals surface area contributed by atoms with Crippen LogP contribution in [-0.4, -0.2) is 31.2 Å². The lowest BCUT2D eigenvalue weighted by Gasteiger charge is -2.19. The van der Waals surface area contributed by atoms with Crippen molar-refractivity contribution in [1.29, 1.82) is 0 Å². The largest absolute Gasteiger partial charge is 0.461 e. The fraction of sp³-hybridized carbons (Fsp3) is 0.238. The molecule has 0 fully saturated rings. The molecule has 1 N–H and O–H groups in total. The molecule has 1 amide bonds. The van der Waals surface area contributed by atoms with Crippen molar-refractivity contribution in [2.24, 2.45) is 0 Å². The minimum Gasteiger partial charge on any atom is -0.461 e. The van der Waals surface area contributed by atoms with E-state index in [0.717, 1.165) is 10.7 Å². The Kier molecular flexibility index (Phi) is 6.17. The summed E-state index contributed by atoms with van der Waals surface area (Å²) in [6.07, 6.45) is 1.60. The molecular formula is C21H20ClN5O2S2. The maximum Gasteiger partial charge on any atom is 0.271 e. The highest BCUT2D eigenvalue weighted by atomic mass is 35.5. The third-order valence-electron chi connectivity index (χ3n) is 4.06. The van der Waals surface area contributed by atoms with Gasteiger partial charge in [-0.3, -0.25) is 9.36 Å². The fourth-order valence-corrected chi connectivity index (χ4v) is 4.63. The summed E-state index contributed by atoms with van der Waals surface area (Å²) in [5.74, 6) is 1.59. The Bertz CT molecular complexity index is 1180. The molecule has 0 radical (unpaired) electrons.